The molecule has 3 nitrogen and oxygen atoms in total. The lowest BCUT2D eigenvalue weighted by atomic mass is 10.5. The number of carbonyl (C=O) groups is 1. The van der Waals surface area contributed by atoms with Crippen molar-refractivity contribution in [2.45, 2.75) is 0 Å². The molecule has 1 heterocycles. The number of aromatic nitrogens is 1. The summed E-state index contributed by atoms with van der Waals surface area (Å²) in [4.78, 5) is 14.9. The molecule has 0 spiro atoms. The minimum Gasteiger partial charge on any atom is -0.354 e. The van der Waals surface area contributed by atoms with Gasteiger partial charge in [-0.05, 0) is 12.1 Å². The maximum Gasteiger partial charge on any atom is 0.139 e. The molecule has 0 radical (unpaired) electrons. The molecule has 1 N–H and O–H groups in total. The minimum atomic E-state index is 0.431. The van der Waals surface area contributed by atoms with Gasteiger partial charge in [-0.15, -0.1) is 0 Å². The number of carbonyl (C=O) groups excluding carboxylic acids is 1. The molecule has 0 atom stereocenters. The van der Waals surface area contributed by atoms with Crippen molar-refractivity contribution in [3.63, 3.8) is 0 Å². The Hall–Kier alpha value is -1.25. The van der Waals surface area contributed by atoms with Crippen molar-refractivity contribution in [2.75, 3.05) is 18.5 Å². The monoisotopic (exact) mass is 138 g/mol. The van der Waals surface area contributed by atoms with Gasteiger partial charge in [-0.25, -0.2) is 0 Å². The van der Waals surface area contributed by atoms with E-state index in [4.69, 9.17) is 0 Å². The number of aromatic amines is 1. The summed E-state index contributed by atoms with van der Waals surface area (Å²) in [6.07, 6.45) is 2.71. The summed E-state index contributed by atoms with van der Waals surface area (Å²) in [6, 6.07) is 3.82. The Morgan fingerprint density at radius 3 is 3.10 bits per heavy atom. The van der Waals surface area contributed by atoms with Gasteiger partial charge in [-0.3, -0.25) is 0 Å². The van der Waals surface area contributed by atoms with Gasteiger partial charge in [-0.1, -0.05) is 0 Å². The average Bonchev–Trinajstić information content (AvgIpc) is 2.38. The van der Waals surface area contributed by atoms with Gasteiger partial charge in [0, 0.05) is 13.2 Å². The van der Waals surface area contributed by atoms with Crippen LogP contribution in [0.15, 0.2) is 18.3 Å². The van der Waals surface area contributed by atoms with Crippen molar-refractivity contribution in [3.8, 4) is 0 Å². The van der Waals surface area contributed by atoms with E-state index in [1.165, 1.54) is 0 Å². The molecule has 1 aromatic heterocycles. The topological polar surface area (TPSA) is 36.1 Å². The predicted octanol–water partition coefficient (Wildman–Crippen LogP) is 0.650. The highest BCUT2D eigenvalue weighted by Crippen LogP contribution is 2.05. The fraction of sp³-hybridized carbons (Fsp3) is 0.286. The minimum absolute atomic E-state index is 0.431. The van der Waals surface area contributed by atoms with E-state index in [1.807, 2.05) is 30.3 Å². The van der Waals surface area contributed by atoms with E-state index in [2.05, 4.69) is 4.98 Å². The second kappa shape index (κ2) is 3.06. The van der Waals surface area contributed by atoms with Crippen LogP contribution in [0.2, 0.25) is 0 Å². The summed E-state index contributed by atoms with van der Waals surface area (Å²) < 4.78 is 0. The van der Waals surface area contributed by atoms with Crippen LogP contribution in [0.3, 0.4) is 0 Å². The number of aldehydes is 1. The van der Waals surface area contributed by atoms with Crippen molar-refractivity contribution >= 4 is 12.1 Å². The Morgan fingerprint density at radius 1 is 1.80 bits per heavy atom. The van der Waals surface area contributed by atoms with E-state index in [9.17, 15) is 4.79 Å². The standard InChI is InChI=1S/C7H10N2O/c1-9(5-6-10)7-3-2-4-8-7/h2-4,6,8H,5H2,1H3. The molecule has 0 fully saturated rings. The zero-order valence-corrected chi connectivity index (χ0v) is 5.87. The lowest BCUT2D eigenvalue weighted by Crippen LogP contribution is -2.19. The molecule has 1 aromatic rings. The molecule has 3 heteroatoms. The third-order valence-corrected chi connectivity index (χ3v) is 1.34. The second-order valence-corrected chi connectivity index (χ2v) is 2.10. The normalized spacial score (nSPS) is 9.30. The molecule has 54 valence electrons. The van der Waals surface area contributed by atoms with Crippen LogP contribution in [0.4, 0.5) is 5.82 Å². The predicted molar refractivity (Wildman–Crippen MR) is 40.1 cm³/mol. The van der Waals surface area contributed by atoms with Crippen LogP contribution >= 0.6 is 0 Å². The SMILES string of the molecule is CN(CC=O)c1ccc[nH]1. The molecular formula is C7H10N2O. The summed E-state index contributed by atoms with van der Waals surface area (Å²) in [5.74, 6) is 0.965. The number of H-pyrrole nitrogens is 1. The number of nitrogens with one attached hydrogen (secondary N) is 1. The zero-order valence-electron chi connectivity index (χ0n) is 5.87. The van der Waals surface area contributed by atoms with Crippen LogP contribution in [0.25, 0.3) is 0 Å². The van der Waals surface area contributed by atoms with Gasteiger partial charge in [-0.2, -0.15) is 0 Å². The molecule has 0 saturated carbocycles. The summed E-state index contributed by atoms with van der Waals surface area (Å²) >= 11 is 0. The van der Waals surface area contributed by atoms with Crippen LogP contribution in [0.5, 0.6) is 0 Å². The molecule has 0 unspecified atom stereocenters. The highest BCUT2D eigenvalue weighted by Gasteiger charge is 1.96. The first kappa shape index (κ1) is 6.86. The highest BCUT2D eigenvalue weighted by atomic mass is 16.1. The number of hydrogen-bond acceptors (Lipinski definition) is 2. The Bertz CT molecular complexity index is 193. The van der Waals surface area contributed by atoms with Gasteiger partial charge in [0.1, 0.15) is 12.1 Å². The number of rotatable bonds is 3. The largest absolute Gasteiger partial charge is 0.354 e. The Balaban J connectivity index is 2.58. The fourth-order valence-corrected chi connectivity index (χ4v) is 0.768. The summed E-state index contributed by atoms with van der Waals surface area (Å²) in [5.41, 5.74) is 0. The van der Waals surface area contributed by atoms with Gasteiger partial charge in [0.25, 0.3) is 0 Å². The first-order valence-corrected chi connectivity index (χ1v) is 3.13. The van der Waals surface area contributed by atoms with Gasteiger partial charge < -0.3 is 14.7 Å². The average molecular weight is 138 g/mol. The lowest BCUT2D eigenvalue weighted by Gasteiger charge is -2.12. The third kappa shape index (κ3) is 1.37. The number of likely N-dealkylation sites (N-methyl/N-ethyl adjacent to an activating group) is 1. The van der Waals surface area contributed by atoms with Gasteiger partial charge in [0.05, 0.1) is 6.54 Å². The van der Waals surface area contributed by atoms with Crippen molar-refractivity contribution in [3.05, 3.63) is 18.3 Å². The maximum atomic E-state index is 10.1. The van der Waals surface area contributed by atoms with Crippen molar-refractivity contribution in [1.29, 1.82) is 0 Å². The van der Waals surface area contributed by atoms with Crippen molar-refractivity contribution < 1.29 is 4.79 Å². The molecule has 0 aliphatic rings. The second-order valence-electron chi connectivity index (χ2n) is 2.10. The Morgan fingerprint density at radius 2 is 2.60 bits per heavy atom. The van der Waals surface area contributed by atoms with E-state index in [1.54, 1.807) is 0 Å². The van der Waals surface area contributed by atoms with Crippen molar-refractivity contribution in [2.24, 2.45) is 0 Å². The van der Waals surface area contributed by atoms with Gasteiger partial charge in [0.2, 0.25) is 0 Å². The van der Waals surface area contributed by atoms with E-state index in [0.717, 1.165) is 12.1 Å². The number of anilines is 1. The molecule has 0 amide bonds. The smallest absolute Gasteiger partial charge is 0.139 e. The fourth-order valence-electron chi connectivity index (χ4n) is 0.768. The zero-order chi connectivity index (χ0) is 7.40. The highest BCUT2D eigenvalue weighted by molar-refractivity contribution is 5.58. The number of nitrogens with zero attached hydrogens (tertiary/aromatic N) is 1. The van der Waals surface area contributed by atoms with E-state index in [-0.39, 0.29) is 0 Å². The molecule has 0 saturated heterocycles. The van der Waals surface area contributed by atoms with Gasteiger partial charge in [0.15, 0.2) is 0 Å². The molecule has 0 aromatic carbocycles. The molecule has 10 heavy (non-hydrogen) atoms. The van der Waals surface area contributed by atoms with Crippen LogP contribution in [0.1, 0.15) is 0 Å². The van der Waals surface area contributed by atoms with E-state index < -0.39 is 0 Å². The van der Waals surface area contributed by atoms with Crippen LogP contribution in [0, 0.1) is 0 Å². The first-order chi connectivity index (χ1) is 4.84. The quantitative estimate of drug-likeness (QED) is 0.622. The summed E-state index contributed by atoms with van der Waals surface area (Å²) in [7, 11) is 1.86. The molecule has 1 rings (SSSR count). The van der Waals surface area contributed by atoms with Crippen LogP contribution < -0.4 is 4.90 Å². The molecule has 0 aliphatic heterocycles. The third-order valence-electron chi connectivity index (χ3n) is 1.34. The molecular weight excluding hydrogens is 128 g/mol. The Kier molecular flexibility index (Phi) is 2.10. The van der Waals surface area contributed by atoms with Crippen LogP contribution in [-0.2, 0) is 4.79 Å². The van der Waals surface area contributed by atoms with E-state index >= 15 is 0 Å². The Labute approximate surface area is 59.7 Å². The number of hydrogen-bond donors (Lipinski definition) is 1. The lowest BCUT2D eigenvalue weighted by molar-refractivity contribution is -0.106. The van der Waals surface area contributed by atoms with Crippen LogP contribution in [-0.4, -0.2) is 24.9 Å². The van der Waals surface area contributed by atoms with E-state index in [0.29, 0.717) is 6.54 Å². The molecule has 0 bridgehead atoms. The van der Waals surface area contributed by atoms with Gasteiger partial charge >= 0.3 is 0 Å². The first-order valence-electron chi connectivity index (χ1n) is 3.13. The van der Waals surface area contributed by atoms with Crippen molar-refractivity contribution in [1.82, 2.24) is 4.98 Å². The molecule has 0 aliphatic carbocycles. The summed E-state index contributed by atoms with van der Waals surface area (Å²) in [5, 5.41) is 0. The summed E-state index contributed by atoms with van der Waals surface area (Å²) in [6.45, 7) is 0.431. The maximum absolute atomic E-state index is 10.1.